The van der Waals surface area contributed by atoms with Gasteiger partial charge in [-0.1, -0.05) is 60.1 Å². The SMILES string of the molecule is OCCN[C@H]1C(Cl)=Cc2ccccc2-c2ccccc21. The van der Waals surface area contributed by atoms with Crippen molar-refractivity contribution >= 4 is 17.7 Å². The van der Waals surface area contributed by atoms with Crippen LogP contribution in [-0.2, 0) is 0 Å². The number of aliphatic hydroxyl groups is 1. The molecule has 20 heavy (non-hydrogen) atoms. The molecule has 0 radical (unpaired) electrons. The predicted molar refractivity (Wildman–Crippen MR) is 83.5 cm³/mol. The van der Waals surface area contributed by atoms with Gasteiger partial charge in [-0.2, -0.15) is 0 Å². The first-order chi connectivity index (χ1) is 9.81. The summed E-state index contributed by atoms with van der Waals surface area (Å²) in [5.74, 6) is 0. The second-order valence-electron chi connectivity index (χ2n) is 4.81. The van der Waals surface area contributed by atoms with Crippen molar-refractivity contribution in [1.82, 2.24) is 5.32 Å². The van der Waals surface area contributed by atoms with E-state index in [1.54, 1.807) is 0 Å². The zero-order chi connectivity index (χ0) is 13.9. The van der Waals surface area contributed by atoms with Crippen molar-refractivity contribution in [3.8, 4) is 11.1 Å². The number of hydrogen-bond donors (Lipinski definition) is 2. The zero-order valence-corrected chi connectivity index (χ0v) is 11.8. The fraction of sp³-hybridized carbons (Fsp3) is 0.176. The Balaban J connectivity index is 2.18. The summed E-state index contributed by atoms with van der Waals surface area (Å²) >= 11 is 6.50. The van der Waals surface area contributed by atoms with Crippen LogP contribution in [0.3, 0.4) is 0 Å². The van der Waals surface area contributed by atoms with Crippen LogP contribution < -0.4 is 5.32 Å². The molecule has 102 valence electrons. The first kappa shape index (κ1) is 13.4. The van der Waals surface area contributed by atoms with Gasteiger partial charge in [0.15, 0.2) is 0 Å². The molecule has 0 fully saturated rings. The monoisotopic (exact) mass is 285 g/mol. The van der Waals surface area contributed by atoms with Crippen LogP contribution in [0.2, 0.25) is 0 Å². The summed E-state index contributed by atoms with van der Waals surface area (Å²) in [4.78, 5) is 0. The third-order valence-corrected chi connectivity index (χ3v) is 3.88. The Morgan fingerprint density at radius 3 is 2.50 bits per heavy atom. The molecule has 0 saturated heterocycles. The summed E-state index contributed by atoms with van der Waals surface area (Å²) in [7, 11) is 0. The van der Waals surface area contributed by atoms with Crippen molar-refractivity contribution in [1.29, 1.82) is 0 Å². The molecule has 2 nitrogen and oxygen atoms in total. The van der Waals surface area contributed by atoms with Crippen LogP contribution in [-0.4, -0.2) is 18.3 Å². The summed E-state index contributed by atoms with van der Waals surface area (Å²) in [6, 6.07) is 16.4. The summed E-state index contributed by atoms with van der Waals surface area (Å²) in [5, 5.41) is 13.1. The minimum absolute atomic E-state index is 0.0765. The number of fused-ring (bicyclic) bond motifs is 3. The predicted octanol–water partition coefficient (Wildman–Crippen LogP) is 3.57. The van der Waals surface area contributed by atoms with E-state index in [4.69, 9.17) is 16.7 Å². The molecule has 2 N–H and O–H groups in total. The van der Waals surface area contributed by atoms with E-state index in [-0.39, 0.29) is 12.6 Å². The molecule has 2 aromatic carbocycles. The molecule has 3 heteroatoms. The topological polar surface area (TPSA) is 32.3 Å². The molecule has 0 bridgehead atoms. The molecule has 1 atom stereocenters. The molecule has 1 aliphatic rings. The van der Waals surface area contributed by atoms with Crippen LogP contribution in [0, 0.1) is 0 Å². The number of rotatable bonds is 3. The summed E-state index contributed by atoms with van der Waals surface area (Å²) in [6.07, 6.45) is 2.01. The minimum Gasteiger partial charge on any atom is -0.395 e. The molecule has 0 aromatic heterocycles. The highest BCUT2D eigenvalue weighted by Gasteiger charge is 2.22. The second-order valence-corrected chi connectivity index (χ2v) is 5.25. The third kappa shape index (κ3) is 2.38. The molecule has 0 unspecified atom stereocenters. The fourth-order valence-corrected chi connectivity index (χ4v) is 2.97. The largest absolute Gasteiger partial charge is 0.395 e. The molecule has 0 heterocycles. The van der Waals surface area contributed by atoms with E-state index in [1.165, 1.54) is 11.1 Å². The maximum atomic E-state index is 9.05. The highest BCUT2D eigenvalue weighted by Crippen LogP contribution is 2.39. The van der Waals surface area contributed by atoms with Gasteiger partial charge in [-0.15, -0.1) is 0 Å². The van der Waals surface area contributed by atoms with E-state index in [0.717, 1.165) is 16.2 Å². The Bertz CT molecular complexity index is 651. The second kappa shape index (κ2) is 5.80. The van der Waals surface area contributed by atoms with E-state index in [0.29, 0.717) is 6.54 Å². The molecule has 1 aliphatic carbocycles. The number of halogens is 1. The molecule has 2 aromatic rings. The molecule has 0 spiro atoms. The van der Waals surface area contributed by atoms with Crippen molar-refractivity contribution in [2.45, 2.75) is 6.04 Å². The highest BCUT2D eigenvalue weighted by molar-refractivity contribution is 6.32. The van der Waals surface area contributed by atoms with Crippen molar-refractivity contribution < 1.29 is 5.11 Å². The Morgan fingerprint density at radius 2 is 1.70 bits per heavy atom. The average molecular weight is 286 g/mol. The quantitative estimate of drug-likeness (QED) is 0.904. The summed E-state index contributed by atoms with van der Waals surface area (Å²) in [5.41, 5.74) is 4.64. The van der Waals surface area contributed by atoms with Crippen LogP contribution in [0.1, 0.15) is 17.2 Å². The lowest BCUT2D eigenvalue weighted by atomic mass is 9.95. The smallest absolute Gasteiger partial charge is 0.0691 e. The van der Waals surface area contributed by atoms with Gasteiger partial charge in [0.05, 0.1) is 12.6 Å². The summed E-state index contributed by atoms with van der Waals surface area (Å²) < 4.78 is 0. The highest BCUT2D eigenvalue weighted by atomic mass is 35.5. The van der Waals surface area contributed by atoms with Gasteiger partial charge in [0.1, 0.15) is 0 Å². The lowest BCUT2D eigenvalue weighted by molar-refractivity contribution is 0.288. The lowest BCUT2D eigenvalue weighted by Crippen LogP contribution is -2.24. The van der Waals surface area contributed by atoms with Gasteiger partial charge in [-0.3, -0.25) is 0 Å². The van der Waals surface area contributed by atoms with Gasteiger partial charge in [0, 0.05) is 11.6 Å². The number of hydrogen-bond acceptors (Lipinski definition) is 2. The van der Waals surface area contributed by atoms with E-state index in [9.17, 15) is 0 Å². The fourth-order valence-electron chi connectivity index (χ4n) is 2.66. The van der Waals surface area contributed by atoms with Gasteiger partial charge in [-0.05, 0) is 28.3 Å². The van der Waals surface area contributed by atoms with Gasteiger partial charge in [-0.25, -0.2) is 0 Å². The number of nitrogens with one attached hydrogen (secondary N) is 1. The number of benzene rings is 2. The van der Waals surface area contributed by atoms with Crippen molar-refractivity contribution in [2.75, 3.05) is 13.2 Å². The molecular weight excluding hydrogens is 270 g/mol. The first-order valence-corrected chi connectivity index (χ1v) is 7.08. The average Bonchev–Trinajstić information content (AvgIpc) is 2.60. The van der Waals surface area contributed by atoms with Gasteiger partial charge < -0.3 is 10.4 Å². The van der Waals surface area contributed by atoms with Crippen molar-refractivity contribution in [3.05, 3.63) is 64.7 Å². The number of aliphatic hydroxyl groups excluding tert-OH is 1. The van der Waals surface area contributed by atoms with E-state index in [2.05, 4.69) is 29.6 Å². The van der Waals surface area contributed by atoms with Crippen LogP contribution in [0.4, 0.5) is 0 Å². The maximum Gasteiger partial charge on any atom is 0.0691 e. The third-order valence-electron chi connectivity index (χ3n) is 3.55. The Morgan fingerprint density at radius 1 is 1.00 bits per heavy atom. The maximum absolute atomic E-state index is 9.05. The molecular formula is C17H16ClNO. The Kier molecular flexibility index (Phi) is 3.88. The molecule has 0 amide bonds. The minimum atomic E-state index is -0.0765. The van der Waals surface area contributed by atoms with Crippen LogP contribution in [0.15, 0.2) is 53.6 Å². The van der Waals surface area contributed by atoms with Crippen LogP contribution in [0.25, 0.3) is 17.2 Å². The summed E-state index contributed by atoms with van der Waals surface area (Å²) in [6.45, 7) is 0.606. The molecule has 0 saturated carbocycles. The van der Waals surface area contributed by atoms with E-state index in [1.807, 2.05) is 30.3 Å². The van der Waals surface area contributed by atoms with E-state index >= 15 is 0 Å². The Labute approximate surface area is 123 Å². The van der Waals surface area contributed by atoms with Gasteiger partial charge in [0.25, 0.3) is 0 Å². The van der Waals surface area contributed by atoms with Crippen molar-refractivity contribution in [3.63, 3.8) is 0 Å². The Hall–Kier alpha value is -1.61. The first-order valence-electron chi connectivity index (χ1n) is 6.71. The lowest BCUT2D eigenvalue weighted by Gasteiger charge is -2.19. The van der Waals surface area contributed by atoms with Crippen LogP contribution >= 0.6 is 11.6 Å². The van der Waals surface area contributed by atoms with Crippen LogP contribution in [0.5, 0.6) is 0 Å². The van der Waals surface area contributed by atoms with E-state index < -0.39 is 0 Å². The zero-order valence-electron chi connectivity index (χ0n) is 11.0. The van der Waals surface area contributed by atoms with Gasteiger partial charge in [0.2, 0.25) is 0 Å². The molecule has 0 aliphatic heterocycles. The van der Waals surface area contributed by atoms with Gasteiger partial charge >= 0.3 is 0 Å². The normalized spacial score (nSPS) is 16.9. The van der Waals surface area contributed by atoms with Crippen molar-refractivity contribution in [2.24, 2.45) is 0 Å². The standard InChI is InChI=1S/C17H16ClNO/c18-16-11-12-5-1-2-6-13(12)14-7-3-4-8-15(14)17(16)19-9-10-20/h1-8,11,17,19-20H,9-10H2/t17-/m1/s1. The molecule has 3 rings (SSSR count).